The summed E-state index contributed by atoms with van der Waals surface area (Å²) in [4.78, 5) is 15.0. The SMILES string of the molecule is CCCCCOc1c(/C=N\Nc2nc(=O)[nH]nc2C)cccc1OC. The van der Waals surface area contributed by atoms with Crippen LogP contribution in [0.25, 0.3) is 0 Å². The Morgan fingerprint density at radius 1 is 1.36 bits per heavy atom. The van der Waals surface area contributed by atoms with Crippen LogP contribution < -0.4 is 20.6 Å². The lowest BCUT2D eigenvalue weighted by Crippen LogP contribution is -2.15. The van der Waals surface area contributed by atoms with Crippen LogP contribution in [0, 0.1) is 6.92 Å². The monoisotopic (exact) mass is 345 g/mol. The molecular formula is C17H23N5O3. The number of hydrazone groups is 1. The molecular weight excluding hydrogens is 322 g/mol. The highest BCUT2D eigenvalue weighted by Crippen LogP contribution is 2.30. The molecule has 2 N–H and O–H groups in total. The number of aromatic amines is 1. The lowest BCUT2D eigenvalue weighted by Gasteiger charge is -2.13. The largest absolute Gasteiger partial charge is 0.493 e. The van der Waals surface area contributed by atoms with Crippen molar-refractivity contribution in [3.63, 3.8) is 0 Å². The molecule has 0 unspecified atom stereocenters. The van der Waals surface area contributed by atoms with Crippen LogP contribution in [-0.4, -0.2) is 35.1 Å². The minimum atomic E-state index is -0.537. The lowest BCUT2D eigenvalue weighted by molar-refractivity contribution is 0.285. The highest BCUT2D eigenvalue weighted by molar-refractivity contribution is 5.85. The van der Waals surface area contributed by atoms with Crippen molar-refractivity contribution in [2.75, 3.05) is 19.1 Å². The number of unbranched alkanes of at least 4 members (excludes halogenated alkanes) is 2. The van der Waals surface area contributed by atoms with E-state index in [2.05, 4.69) is 32.6 Å². The fraction of sp³-hybridized carbons (Fsp3) is 0.412. The van der Waals surface area contributed by atoms with Gasteiger partial charge in [-0.1, -0.05) is 25.8 Å². The molecule has 0 aliphatic carbocycles. The van der Waals surface area contributed by atoms with Crippen molar-refractivity contribution in [1.82, 2.24) is 15.2 Å². The van der Waals surface area contributed by atoms with Crippen LogP contribution in [0.1, 0.15) is 37.4 Å². The van der Waals surface area contributed by atoms with E-state index in [1.54, 1.807) is 20.2 Å². The molecule has 0 bridgehead atoms. The van der Waals surface area contributed by atoms with Gasteiger partial charge in [0.25, 0.3) is 0 Å². The van der Waals surface area contributed by atoms with Crippen LogP contribution in [0.2, 0.25) is 0 Å². The zero-order valence-electron chi connectivity index (χ0n) is 14.7. The summed E-state index contributed by atoms with van der Waals surface area (Å²) in [6.07, 6.45) is 4.82. The summed E-state index contributed by atoms with van der Waals surface area (Å²) in [5.74, 6) is 1.58. The van der Waals surface area contributed by atoms with Gasteiger partial charge in [0.1, 0.15) is 5.69 Å². The summed E-state index contributed by atoms with van der Waals surface area (Å²) < 4.78 is 11.2. The van der Waals surface area contributed by atoms with Crippen molar-refractivity contribution in [2.45, 2.75) is 33.1 Å². The number of anilines is 1. The van der Waals surface area contributed by atoms with E-state index in [1.807, 2.05) is 18.2 Å². The first-order valence-electron chi connectivity index (χ1n) is 8.18. The molecule has 25 heavy (non-hydrogen) atoms. The second-order valence-electron chi connectivity index (χ2n) is 5.38. The van der Waals surface area contributed by atoms with Gasteiger partial charge in [0.2, 0.25) is 0 Å². The topological polar surface area (TPSA) is 101 Å². The molecule has 2 aromatic rings. The van der Waals surface area contributed by atoms with Crippen LogP contribution in [0.15, 0.2) is 28.1 Å². The van der Waals surface area contributed by atoms with Gasteiger partial charge in [-0.05, 0) is 25.5 Å². The Hall–Kier alpha value is -2.90. The molecule has 0 aliphatic heterocycles. The predicted octanol–water partition coefficient (Wildman–Crippen LogP) is 2.50. The number of methoxy groups -OCH3 is 1. The molecule has 2 rings (SSSR count). The van der Waals surface area contributed by atoms with Gasteiger partial charge in [0.15, 0.2) is 17.3 Å². The quantitative estimate of drug-likeness (QED) is 0.411. The summed E-state index contributed by atoms with van der Waals surface area (Å²) in [6, 6.07) is 5.57. The lowest BCUT2D eigenvalue weighted by atomic mass is 10.2. The van der Waals surface area contributed by atoms with Gasteiger partial charge in [-0.2, -0.15) is 15.2 Å². The van der Waals surface area contributed by atoms with Gasteiger partial charge >= 0.3 is 5.69 Å². The summed E-state index contributed by atoms with van der Waals surface area (Å²) in [5, 5.41) is 10.2. The first-order valence-corrected chi connectivity index (χ1v) is 8.18. The van der Waals surface area contributed by atoms with Gasteiger partial charge < -0.3 is 9.47 Å². The Labute approximate surface area is 146 Å². The Morgan fingerprint density at radius 2 is 2.20 bits per heavy atom. The standard InChI is InChI=1S/C17H23N5O3/c1-4-5-6-10-25-15-13(8-7-9-14(15)24-3)11-18-21-16-12(2)20-22-17(23)19-16/h7-9,11H,4-6,10H2,1-3H3,(H2,19,21,22,23)/b18-11-. The number of H-pyrrole nitrogens is 1. The van der Waals surface area contributed by atoms with Crippen molar-refractivity contribution < 1.29 is 9.47 Å². The first kappa shape index (κ1) is 18.4. The summed E-state index contributed by atoms with van der Waals surface area (Å²) in [7, 11) is 1.60. The summed E-state index contributed by atoms with van der Waals surface area (Å²) >= 11 is 0. The fourth-order valence-corrected chi connectivity index (χ4v) is 2.14. The van der Waals surface area contributed by atoms with Crippen LogP contribution in [-0.2, 0) is 0 Å². The van der Waals surface area contributed by atoms with Crippen molar-refractivity contribution in [2.24, 2.45) is 5.10 Å². The zero-order chi connectivity index (χ0) is 18.1. The fourth-order valence-electron chi connectivity index (χ4n) is 2.14. The molecule has 8 heteroatoms. The van der Waals surface area contributed by atoms with Gasteiger partial charge in [0, 0.05) is 5.56 Å². The third-order valence-corrected chi connectivity index (χ3v) is 3.47. The first-order chi connectivity index (χ1) is 12.2. The van der Waals surface area contributed by atoms with E-state index in [-0.39, 0.29) is 0 Å². The number of rotatable bonds is 9. The van der Waals surface area contributed by atoms with Crippen molar-refractivity contribution in [3.05, 3.63) is 39.9 Å². The van der Waals surface area contributed by atoms with E-state index in [0.29, 0.717) is 29.6 Å². The maximum absolute atomic E-state index is 11.2. The normalized spacial score (nSPS) is 10.8. The molecule has 1 aromatic heterocycles. The highest BCUT2D eigenvalue weighted by Gasteiger charge is 2.09. The Bertz CT molecular complexity index is 773. The molecule has 0 amide bonds. The van der Waals surface area contributed by atoms with Crippen LogP contribution in [0.3, 0.4) is 0 Å². The Kier molecular flexibility index (Phi) is 6.94. The molecule has 0 saturated carbocycles. The van der Waals surface area contributed by atoms with Crippen LogP contribution >= 0.6 is 0 Å². The van der Waals surface area contributed by atoms with E-state index in [9.17, 15) is 4.79 Å². The zero-order valence-corrected chi connectivity index (χ0v) is 14.7. The number of hydrogen-bond donors (Lipinski definition) is 2. The molecule has 0 radical (unpaired) electrons. The maximum atomic E-state index is 11.2. The second-order valence-corrected chi connectivity index (χ2v) is 5.38. The smallest absolute Gasteiger partial charge is 0.363 e. The van der Waals surface area contributed by atoms with Crippen molar-refractivity contribution >= 4 is 12.0 Å². The van der Waals surface area contributed by atoms with E-state index < -0.39 is 5.69 Å². The number of aryl methyl sites for hydroxylation is 1. The molecule has 0 fully saturated rings. The molecule has 1 aromatic carbocycles. The van der Waals surface area contributed by atoms with Crippen molar-refractivity contribution in [1.29, 1.82) is 0 Å². The number of nitrogens with one attached hydrogen (secondary N) is 2. The molecule has 0 aliphatic rings. The molecule has 134 valence electrons. The summed E-state index contributed by atoms with van der Waals surface area (Å²) in [5.41, 5.74) is 3.49. The number of para-hydroxylation sites is 1. The third-order valence-electron chi connectivity index (χ3n) is 3.47. The Balaban J connectivity index is 2.14. The molecule has 1 heterocycles. The Morgan fingerprint density at radius 3 is 2.96 bits per heavy atom. The number of ether oxygens (including phenoxy) is 2. The van der Waals surface area contributed by atoms with Gasteiger partial charge in [-0.25, -0.2) is 9.89 Å². The molecule has 0 spiro atoms. The number of nitrogens with zero attached hydrogens (tertiary/aromatic N) is 3. The predicted molar refractivity (Wildman–Crippen MR) is 96.6 cm³/mol. The highest BCUT2D eigenvalue weighted by atomic mass is 16.5. The van der Waals surface area contributed by atoms with E-state index in [4.69, 9.17) is 9.47 Å². The number of benzene rings is 1. The molecule has 0 atom stereocenters. The average Bonchev–Trinajstić information content (AvgIpc) is 2.62. The second kappa shape index (κ2) is 9.41. The van der Waals surface area contributed by atoms with Crippen LogP contribution in [0.5, 0.6) is 11.5 Å². The third kappa shape index (κ3) is 5.30. The minimum absolute atomic E-state index is 0.299. The minimum Gasteiger partial charge on any atom is -0.493 e. The van der Waals surface area contributed by atoms with Gasteiger partial charge in [-0.3, -0.25) is 5.43 Å². The molecule has 8 nitrogen and oxygen atoms in total. The van der Waals surface area contributed by atoms with Crippen molar-refractivity contribution in [3.8, 4) is 11.5 Å². The van der Waals surface area contributed by atoms with Gasteiger partial charge in [0.05, 0.1) is 19.9 Å². The van der Waals surface area contributed by atoms with Crippen LogP contribution in [0.4, 0.5) is 5.82 Å². The van der Waals surface area contributed by atoms with E-state index in [1.165, 1.54) is 0 Å². The van der Waals surface area contributed by atoms with E-state index >= 15 is 0 Å². The number of aromatic nitrogens is 3. The summed E-state index contributed by atoms with van der Waals surface area (Å²) in [6.45, 7) is 4.47. The van der Waals surface area contributed by atoms with E-state index in [0.717, 1.165) is 24.8 Å². The van der Waals surface area contributed by atoms with Gasteiger partial charge in [-0.15, -0.1) is 0 Å². The molecule has 0 saturated heterocycles. The average molecular weight is 345 g/mol. The maximum Gasteiger partial charge on any atom is 0.363 e. The number of hydrogen-bond acceptors (Lipinski definition) is 7.